The Hall–Kier alpha value is -1.49. The van der Waals surface area contributed by atoms with Crippen LogP contribution in [0.2, 0.25) is 5.02 Å². The zero-order chi connectivity index (χ0) is 15.1. The molecule has 0 aliphatic heterocycles. The largest absolute Gasteiger partial charge is 0.481 e. The quantitative estimate of drug-likeness (QED) is 0.444. The lowest BCUT2D eigenvalue weighted by Crippen LogP contribution is -2.02. The second-order valence-electron chi connectivity index (χ2n) is 4.48. The number of carbonyl (C=O) groups excluding carboxylic acids is 1. The fourth-order valence-corrected chi connectivity index (χ4v) is 2.04. The van der Waals surface area contributed by atoms with Gasteiger partial charge < -0.3 is 5.11 Å². The van der Waals surface area contributed by atoms with Gasteiger partial charge in [-0.1, -0.05) is 24.4 Å². The molecule has 1 rings (SSSR count). The van der Waals surface area contributed by atoms with Crippen LogP contribution in [0, 0.1) is 11.6 Å². The van der Waals surface area contributed by atoms with Gasteiger partial charge in [0.05, 0.1) is 5.02 Å². The maximum absolute atomic E-state index is 13.0. The molecule has 0 radical (unpaired) electrons. The molecule has 0 aromatic heterocycles. The molecular weight excluding hydrogens is 290 g/mol. The van der Waals surface area contributed by atoms with Crippen molar-refractivity contribution in [1.29, 1.82) is 0 Å². The Morgan fingerprint density at radius 1 is 1.00 bits per heavy atom. The first-order chi connectivity index (χ1) is 9.41. The summed E-state index contributed by atoms with van der Waals surface area (Å²) in [6, 6.07) is 1.60. The lowest BCUT2D eigenvalue weighted by molar-refractivity contribution is -0.137. The number of hydrogen-bond donors (Lipinski definition) is 1. The van der Waals surface area contributed by atoms with E-state index in [1.165, 1.54) is 0 Å². The van der Waals surface area contributed by atoms with Crippen molar-refractivity contribution in [3.63, 3.8) is 0 Å². The van der Waals surface area contributed by atoms with E-state index in [0.29, 0.717) is 25.7 Å². The van der Waals surface area contributed by atoms with Gasteiger partial charge in [0.15, 0.2) is 17.4 Å². The van der Waals surface area contributed by atoms with E-state index in [9.17, 15) is 18.4 Å². The van der Waals surface area contributed by atoms with Crippen LogP contribution in [0.1, 0.15) is 48.9 Å². The number of aliphatic carboxylic acids is 1. The van der Waals surface area contributed by atoms with Crippen LogP contribution < -0.4 is 0 Å². The Bertz CT molecular complexity index is 503. The summed E-state index contributed by atoms with van der Waals surface area (Å²) >= 11 is 5.70. The summed E-state index contributed by atoms with van der Waals surface area (Å²) in [5, 5.41) is 8.35. The van der Waals surface area contributed by atoms with Crippen LogP contribution in [0.3, 0.4) is 0 Å². The standard InChI is InChI=1S/C14H15ClF2O3/c15-10-8-12(17)11(16)7-9(10)13(18)5-3-1-2-4-6-14(19)20/h7-8H,1-6H2,(H,19,20). The molecule has 0 heterocycles. The highest BCUT2D eigenvalue weighted by Gasteiger charge is 2.14. The molecule has 0 unspecified atom stereocenters. The maximum Gasteiger partial charge on any atom is 0.303 e. The molecule has 0 aliphatic rings. The number of unbranched alkanes of at least 4 members (excludes halogenated alkanes) is 3. The fourth-order valence-electron chi connectivity index (χ4n) is 1.79. The van der Waals surface area contributed by atoms with Crippen molar-refractivity contribution >= 4 is 23.4 Å². The SMILES string of the molecule is O=C(O)CCCCCCC(=O)c1cc(F)c(F)cc1Cl. The van der Waals surface area contributed by atoms with Crippen molar-refractivity contribution in [1.82, 2.24) is 0 Å². The topological polar surface area (TPSA) is 54.4 Å². The third kappa shape index (κ3) is 5.25. The van der Waals surface area contributed by atoms with Gasteiger partial charge in [-0.05, 0) is 25.0 Å². The highest BCUT2D eigenvalue weighted by molar-refractivity contribution is 6.33. The minimum Gasteiger partial charge on any atom is -0.481 e. The normalized spacial score (nSPS) is 10.6. The van der Waals surface area contributed by atoms with Crippen molar-refractivity contribution in [2.75, 3.05) is 0 Å². The second-order valence-corrected chi connectivity index (χ2v) is 4.88. The Balaban J connectivity index is 2.40. The number of ketones is 1. The molecule has 3 nitrogen and oxygen atoms in total. The summed E-state index contributed by atoms with van der Waals surface area (Å²) in [6.45, 7) is 0. The average molecular weight is 305 g/mol. The summed E-state index contributed by atoms with van der Waals surface area (Å²) in [4.78, 5) is 22.1. The maximum atomic E-state index is 13.0. The molecule has 110 valence electrons. The molecular formula is C14H15ClF2O3. The first-order valence-electron chi connectivity index (χ1n) is 6.31. The zero-order valence-corrected chi connectivity index (χ0v) is 11.6. The van der Waals surface area contributed by atoms with E-state index in [0.717, 1.165) is 12.1 Å². The molecule has 0 saturated carbocycles. The van der Waals surface area contributed by atoms with E-state index in [-0.39, 0.29) is 29.2 Å². The molecule has 0 aliphatic carbocycles. The number of halogens is 3. The molecule has 0 spiro atoms. The summed E-state index contributed by atoms with van der Waals surface area (Å²) in [5.74, 6) is -3.36. The molecule has 1 aromatic carbocycles. The molecule has 0 atom stereocenters. The van der Waals surface area contributed by atoms with E-state index in [2.05, 4.69) is 0 Å². The number of benzene rings is 1. The average Bonchev–Trinajstić information content (AvgIpc) is 2.37. The van der Waals surface area contributed by atoms with Gasteiger partial charge in [-0.15, -0.1) is 0 Å². The minimum atomic E-state index is -1.10. The highest BCUT2D eigenvalue weighted by atomic mass is 35.5. The lowest BCUT2D eigenvalue weighted by atomic mass is 10.0. The van der Waals surface area contributed by atoms with Crippen molar-refractivity contribution < 1.29 is 23.5 Å². The molecule has 1 N–H and O–H groups in total. The summed E-state index contributed by atoms with van der Waals surface area (Å²) in [5.41, 5.74) is -0.0175. The molecule has 0 saturated heterocycles. The second kappa shape index (κ2) is 7.94. The molecule has 20 heavy (non-hydrogen) atoms. The number of carboxylic acid groups (broad SMARTS) is 1. The molecule has 6 heteroatoms. The van der Waals surface area contributed by atoms with Gasteiger partial charge in [-0.2, -0.15) is 0 Å². The summed E-state index contributed by atoms with van der Waals surface area (Å²) in [7, 11) is 0. The zero-order valence-electron chi connectivity index (χ0n) is 10.8. The summed E-state index contributed by atoms with van der Waals surface area (Å²) < 4.78 is 25.9. The number of rotatable bonds is 8. The van der Waals surface area contributed by atoms with Gasteiger partial charge in [0, 0.05) is 18.4 Å². The molecule has 0 bridgehead atoms. The van der Waals surface area contributed by atoms with E-state index in [1.54, 1.807) is 0 Å². The monoisotopic (exact) mass is 304 g/mol. The lowest BCUT2D eigenvalue weighted by Gasteiger charge is -2.04. The van der Waals surface area contributed by atoms with Crippen LogP contribution in [0.15, 0.2) is 12.1 Å². The van der Waals surface area contributed by atoms with Crippen LogP contribution in [0.4, 0.5) is 8.78 Å². The third-order valence-corrected chi connectivity index (χ3v) is 3.17. The Morgan fingerprint density at radius 3 is 2.15 bits per heavy atom. The Labute approximate surface area is 120 Å². The Kier molecular flexibility index (Phi) is 6.58. The predicted molar refractivity (Wildman–Crippen MR) is 71.0 cm³/mol. The van der Waals surface area contributed by atoms with Crippen molar-refractivity contribution in [2.24, 2.45) is 0 Å². The fraction of sp³-hybridized carbons (Fsp3) is 0.429. The van der Waals surface area contributed by atoms with Gasteiger partial charge >= 0.3 is 5.97 Å². The number of carboxylic acids is 1. The smallest absolute Gasteiger partial charge is 0.303 e. The van der Waals surface area contributed by atoms with Gasteiger partial charge in [-0.3, -0.25) is 9.59 Å². The van der Waals surface area contributed by atoms with Crippen LogP contribution in [-0.4, -0.2) is 16.9 Å². The number of hydrogen-bond acceptors (Lipinski definition) is 2. The van der Waals surface area contributed by atoms with Gasteiger partial charge in [-0.25, -0.2) is 8.78 Å². The van der Waals surface area contributed by atoms with Crippen LogP contribution in [0.5, 0.6) is 0 Å². The summed E-state index contributed by atoms with van der Waals surface area (Å²) in [6.07, 6.45) is 2.84. The number of carbonyl (C=O) groups is 2. The van der Waals surface area contributed by atoms with E-state index in [1.807, 2.05) is 0 Å². The van der Waals surface area contributed by atoms with Gasteiger partial charge in [0.25, 0.3) is 0 Å². The van der Waals surface area contributed by atoms with Crippen LogP contribution >= 0.6 is 11.6 Å². The van der Waals surface area contributed by atoms with E-state index >= 15 is 0 Å². The van der Waals surface area contributed by atoms with E-state index in [4.69, 9.17) is 16.7 Å². The highest BCUT2D eigenvalue weighted by Crippen LogP contribution is 2.22. The van der Waals surface area contributed by atoms with Gasteiger partial charge in [0.2, 0.25) is 0 Å². The molecule has 0 fully saturated rings. The Morgan fingerprint density at radius 2 is 1.55 bits per heavy atom. The van der Waals surface area contributed by atoms with E-state index < -0.39 is 17.6 Å². The van der Waals surface area contributed by atoms with Gasteiger partial charge in [0.1, 0.15) is 0 Å². The van der Waals surface area contributed by atoms with Crippen LogP contribution in [0.25, 0.3) is 0 Å². The minimum absolute atomic E-state index is 0.0175. The number of Topliss-reactive ketones (excluding diaryl/α,β-unsaturated/α-hetero) is 1. The van der Waals surface area contributed by atoms with Crippen molar-refractivity contribution in [3.8, 4) is 0 Å². The molecule has 1 aromatic rings. The van der Waals surface area contributed by atoms with Crippen LogP contribution in [-0.2, 0) is 4.79 Å². The third-order valence-electron chi connectivity index (χ3n) is 2.85. The first kappa shape index (κ1) is 16.6. The van der Waals surface area contributed by atoms with Crippen molar-refractivity contribution in [3.05, 3.63) is 34.4 Å². The van der Waals surface area contributed by atoms with Crippen molar-refractivity contribution in [2.45, 2.75) is 38.5 Å². The molecule has 0 amide bonds. The first-order valence-corrected chi connectivity index (χ1v) is 6.69. The predicted octanol–water partition coefficient (Wildman–Crippen LogP) is 4.23.